The molecule has 0 saturated carbocycles. The van der Waals surface area contributed by atoms with Gasteiger partial charge in [0, 0.05) is 15.6 Å². The lowest BCUT2D eigenvalue weighted by atomic mass is 10.2. The number of rotatable bonds is 2. The molecule has 2 heterocycles. The summed E-state index contributed by atoms with van der Waals surface area (Å²) in [7, 11) is 0. The fourth-order valence-corrected chi connectivity index (χ4v) is 2.95. The molecule has 2 aromatic carbocycles. The van der Waals surface area contributed by atoms with Crippen LogP contribution in [0.3, 0.4) is 0 Å². The van der Waals surface area contributed by atoms with Crippen LogP contribution in [0.25, 0.3) is 33.9 Å². The SMILES string of the molecule is Clc1ccc(Cl)c(-c2ccc(-c3nc4ccc(Cl)cc4[nH]3)o2)c1. The second-order valence-electron chi connectivity index (χ2n) is 5.03. The number of aromatic nitrogens is 2. The summed E-state index contributed by atoms with van der Waals surface area (Å²) in [5, 5.41) is 1.82. The zero-order valence-electron chi connectivity index (χ0n) is 11.6. The quantitative estimate of drug-likeness (QED) is 0.444. The van der Waals surface area contributed by atoms with Gasteiger partial charge in [-0.25, -0.2) is 4.98 Å². The number of nitrogens with zero attached hydrogens (tertiary/aromatic N) is 1. The maximum atomic E-state index is 6.21. The van der Waals surface area contributed by atoms with Crippen molar-refractivity contribution in [3.63, 3.8) is 0 Å². The summed E-state index contributed by atoms with van der Waals surface area (Å²) in [6.07, 6.45) is 0. The van der Waals surface area contributed by atoms with E-state index in [9.17, 15) is 0 Å². The lowest BCUT2D eigenvalue weighted by Crippen LogP contribution is -1.77. The van der Waals surface area contributed by atoms with Crippen LogP contribution in [-0.4, -0.2) is 9.97 Å². The summed E-state index contributed by atoms with van der Waals surface area (Å²) in [6.45, 7) is 0. The molecule has 0 saturated heterocycles. The van der Waals surface area contributed by atoms with E-state index in [1.165, 1.54) is 0 Å². The van der Waals surface area contributed by atoms with Gasteiger partial charge in [-0.3, -0.25) is 0 Å². The van der Waals surface area contributed by atoms with Crippen LogP contribution in [-0.2, 0) is 0 Å². The lowest BCUT2D eigenvalue weighted by Gasteiger charge is -2.01. The summed E-state index contributed by atoms with van der Waals surface area (Å²) in [5.41, 5.74) is 2.42. The number of fused-ring (bicyclic) bond motifs is 1. The number of furan rings is 1. The number of halogens is 3. The highest BCUT2D eigenvalue weighted by molar-refractivity contribution is 6.35. The summed E-state index contributed by atoms with van der Waals surface area (Å²) in [5.74, 6) is 1.88. The van der Waals surface area contributed by atoms with Crippen molar-refractivity contribution in [2.45, 2.75) is 0 Å². The summed E-state index contributed by atoms with van der Waals surface area (Å²) in [6, 6.07) is 14.4. The summed E-state index contributed by atoms with van der Waals surface area (Å²) in [4.78, 5) is 7.70. The Kier molecular flexibility index (Phi) is 3.57. The Labute approximate surface area is 146 Å². The van der Waals surface area contributed by atoms with Crippen LogP contribution < -0.4 is 0 Å². The minimum absolute atomic E-state index is 0.576. The predicted molar refractivity (Wildman–Crippen MR) is 94.3 cm³/mol. The van der Waals surface area contributed by atoms with Crippen molar-refractivity contribution in [2.75, 3.05) is 0 Å². The molecule has 6 heteroatoms. The van der Waals surface area contributed by atoms with Crippen molar-refractivity contribution in [3.8, 4) is 22.9 Å². The highest BCUT2D eigenvalue weighted by Crippen LogP contribution is 2.34. The molecule has 0 aliphatic heterocycles. The molecule has 0 amide bonds. The number of H-pyrrole nitrogens is 1. The fourth-order valence-electron chi connectivity index (χ4n) is 2.39. The van der Waals surface area contributed by atoms with Gasteiger partial charge < -0.3 is 9.40 Å². The second-order valence-corrected chi connectivity index (χ2v) is 6.32. The van der Waals surface area contributed by atoms with Crippen LogP contribution in [0, 0.1) is 0 Å². The Hall–Kier alpha value is -1.94. The Balaban J connectivity index is 1.78. The third-order valence-corrected chi connectivity index (χ3v) is 4.28. The molecule has 1 N–H and O–H groups in total. The van der Waals surface area contributed by atoms with Crippen LogP contribution in [0.15, 0.2) is 52.9 Å². The van der Waals surface area contributed by atoms with Gasteiger partial charge in [-0.15, -0.1) is 0 Å². The van der Waals surface area contributed by atoms with E-state index in [0.29, 0.717) is 32.4 Å². The molecule has 0 bridgehead atoms. The van der Waals surface area contributed by atoms with Crippen molar-refractivity contribution in [1.29, 1.82) is 0 Å². The molecule has 3 nitrogen and oxygen atoms in total. The number of aromatic amines is 1. The Morgan fingerprint density at radius 1 is 0.826 bits per heavy atom. The highest BCUT2D eigenvalue weighted by atomic mass is 35.5. The fraction of sp³-hybridized carbons (Fsp3) is 0. The molecular weight excluding hydrogens is 355 g/mol. The van der Waals surface area contributed by atoms with Crippen LogP contribution in [0.5, 0.6) is 0 Å². The van der Waals surface area contributed by atoms with Gasteiger partial charge in [0.1, 0.15) is 5.76 Å². The highest BCUT2D eigenvalue weighted by Gasteiger charge is 2.13. The van der Waals surface area contributed by atoms with E-state index in [1.807, 2.05) is 24.3 Å². The van der Waals surface area contributed by atoms with Gasteiger partial charge in [0.15, 0.2) is 11.6 Å². The molecule has 4 aromatic rings. The molecule has 114 valence electrons. The molecule has 0 aliphatic rings. The van der Waals surface area contributed by atoms with Crippen molar-refractivity contribution in [1.82, 2.24) is 9.97 Å². The number of hydrogen-bond donors (Lipinski definition) is 1. The molecular formula is C17H9Cl3N2O. The minimum atomic E-state index is 0.576. The average molecular weight is 364 g/mol. The molecule has 0 atom stereocenters. The van der Waals surface area contributed by atoms with E-state index < -0.39 is 0 Å². The van der Waals surface area contributed by atoms with E-state index in [2.05, 4.69) is 9.97 Å². The molecule has 2 aromatic heterocycles. The smallest absolute Gasteiger partial charge is 0.174 e. The minimum Gasteiger partial charge on any atom is -0.453 e. The van der Waals surface area contributed by atoms with Crippen molar-refractivity contribution in [3.05, 3.63) is 63.6 Å². The van der Waals surface area contributed by atoms with Crippen LogP contribution in [0.2, 0.25) is 15.1 Å². The van der Waals surface area contributed by atoms with Gasteiger partial charge in [-0.05, 0) is 48.5 Å². The van der Waals surface area contributed by atoms with Gasteiger partial charge in [0.05, 0.1) is 16.1 Å². The van der Waals surface area contributed by atoms with E-state index in [0.717, 1.165) is 16.6 Å². The van der Waals surface area contributed by atoms with E-state index >= 15 is 0 Å². The number of hydrogen-bond acceptors (Lipinski definition) is 2. The summed E-state index contributed by atoms with van der Waals surface area (Å²) >= 11 is 18.2. The van der Waals surface area contributed by atoms with Gasteiger partial charge in [0.2, 0.25) is 0 Å². The topological polar surface area (TPSA) is 41.8 Å². The van der Waals surface area contributed by atoms with Crippen molar-refractivity contribution >= 4 is 45.8 Å². The lowest BCUT2D eigenvalue weighted by molar-refractivity contribution is 0.593. The molecule has 0 fully saturated rings. The molecule has 0 spiro atoms. The summed E-state index contributed by atoms with van der Waals surface area (Å²) < 4.78 is 5.88. The van der Waals surface area contributed by atoms with Gasteiger partial charge in [-0.1, -0.05) is 34.8 Å². The average Bonchev–Trinajstić information content (AvgIpc) is 3.15. The van der Waals surface area contributed by atoms with Crippen LogP contribution in [0.1, 0.15) is 0 Å². The monoisotopic (exact) mass is 362 g/mol. The maximum Gasteiger partial charge on any atom is 0.174 e. The van der Waals surface area contributed by atoms with E-state index in [1.54, 1.807) is 24.3 Å². The number of benzene rings is 2. The number of nitrogens with one attached hydrogen (secondary N) is 1. The van der Waals surface area contributed by atoms with Gasteiger partial charge >= 0.3 is 0 Å². The zero-order valence-corrected chi connectivity index (χ0v) is 13.9. The number of imidazole rings is 1. The maximum absolute atomic E-state index is 6.21. The molecule has 0 radical (unpaired) electrons. The first-order chi connectivity index (χ1) is 11.1. The normalized spacial score (nSPS) is 11.3. The largest absolute Gasteiger partial charge is 0.453 e. The Bertz CT molecular complexity index is 1020. The predicted octanol–water partition coefficient (Wildman–Crippen LogP) is 6.45. The molecule has 4 rings (SSSR count). The van der Waals surface area contributed by atoms with Crippen molar-refractivity contribution in [2.24, 2.45) is 0 Å². The van der Waals surface area contributed by atoms with E-state index in [4.69, 9.17) is 39.2 Å². The third kappa shape index (κ3) is 2.72. The Morgan fingerprint density at radius 3 is 2.43 bits per heavy atom. The Morgan fingerprint density at radius 2 is 1.57 bits per heavy atom. The molecule has 0 unspecified atom stereocenters. The van der Waals surface area contributed by atoms with Crippen LogP contribution in [0.4, 0.5) is 0 Å². The van der Waals surface area contributed by atoms with E-state index in [-0.39, 0.29) is 0 Å². The van der Waals surface area contributed by atoms with Crippen LogP contribution >= 0.6 is 34.8 Å². The molecule has 0 aliphatic carbocycles. The molecule has 23 heavy (non-hydrogen) atoms. The zero-order chi connectivity index (χ0) is 16.0. The first-order valence-electron chi connectivity index (χ1n) is 6.81. The van der Waals surface area contributed by atoms with Gasteiger partial charge in [-0.2, -0.15) is 0 Å². The third-order valence-electron chi connectivity index (χ3n) is 3.48. The standard InChI is InChI=1S/C17H9Cl3N2O/c18-9-1-3-12(20)11(7-9)15-5-6-16(23-15)17-21-13-4-2-10(19)8-14(13)22-17/h1-8H,(H,21,22). The first-order valence-corrected chi connectivity index (χ1v) is 7.94. The van der Waals surface area contributed by atoms with Gasteiger partial charge in [0.25, 0.3) is 0 Å². The second kappa shape index (κ2) is 5.60. The van der Waals surface area contributed by atoms with Crippen molar-refractivity contribution < 1.29 is 4.42 Å². The first kappa shape index (κ1) is 14.6.